The maximum Gasteiger partial charge on any atom is 0.272 e. The van der Waals surface area contributed by atoms with Gasteiger partial charge >= 0.3 is 0 Å². The van der Waals surface area contributed by atoms with E-state index in [4.69, 9.17) is 11.6 Å². The van der Waals surface area contributed by atoms with E-state index in [1.165, 1.54) is 0 Å². The largest absolute Gasteiger partial charge is 0.310 e. The SMILES string of the molecule is Cc1nn(-c2nncc(-c3ccccc3)n2)c2c1[C@H](c1ccccc1Cl)CC(=O)N2. The fourth-order valence-corrected chi connectivity index (χ4v) is 4.11. The number of carbonyl (C=O) groups is 1. The predicted octanol–water partition coefficient (Wildman–Crippen LogP) is 4.16. The molecule has 5 rings (SSSR count). The number of hydrogen-bond donors (Lipinski definition) is 1. The molecule has 3 heterocycles. The second kappa shape index (κ2) is 7.35. The van der Waals surface area contributed by atoms with E-state index in [2.05, 4.69) is 25.6 Å². The fourth-order valence-electron chi connectivity index (χ4n) is 3.85. The molecule has 148 valence electrons. The van der Waals surface area contributed by atoms with Gasteiger partial charge in [0.1, 0.15) is 5.82 Å². The Kier molecular flexibility index (Phi) is 4.52. The van der Waals surface area contributed by atoms with E-state index >= 15 is 0 Å². The van der Waals surface area contributed by atoms with Crippen LogP contribution in [0.5, 0.6) is 0 Å². The first-order valence-electron chi connectivity index (χ1n) is 9.51. The van der Waals surface area contributed by atoms with Gasteiger partial charge in [0.2, 0.25) is 5.91 Å². The highest BCUT2D eigenvalue weighted by Gasteiger charge is 2.34. The third-order valence-corrected chi connectivity index (χ3v) is 5.53. The number of anilines is 1. The zero-order valence-electron chi connectivity index (χ0n) is 16.1. The number of aromatic nitrogens is 5. The first-order valence-corrected chi connectivity index (χ1v) is 9.89. The summed E-state index contributed by atoms with van der Waals surface area (Å²) in [7, 11) is 0. The molecule has 2 aromatic heterocycles. The summed E-state index contributed by atoms with van der Waals surface area (Å²) in [6.45, 7) is 1.91. The fraction of sp³-hybridized carbons (Fsp3) is 0.136. The molecule has 1 aliphatic rings. The summed E-state index contributed by atoms with van der Waals surface area (Å²) in [4.78, 5) is 17.2. The third kappa shape index (κ3) is 3.13. The number of halogens is 1. The van der Waals surface area contributed by atoms with E-state index in [0.29, 0.717) is 28.9 Å². The Bertz CT molecular complexity index is 1250. The van der Waals surface area contributed by atoms with Crippen molar-refractivity contribution in [2.45, 2.75) is 19.3 Å². The summed E-state index contributed by atoms with van der Waals surface area (Å²) in [5.41, 5.74) is 4.19. The highest BCUT2D eigenvalue weighted by Crippen LogP contribution is 2.41. The van der Waals surface area contributed by atoms with Crippen LogP contribution >= 0.6 is 11.6 Å². The maximum atomic E-state index is 12.6. The zero-order chi connectivity index (χ0) is 20.7. The summed E-state index contributed by atoms with van der Waals surface area (Å²) < 4.78 is 1.55. The molecule has 0 aliphatic carbocycles. The van der Waals surface area contributed by atoms with Gasteiger partial charge in [-0.2, -0.15) is 14.9 Å². The number of nitrogens with zero attached hydrogens (tertiary/aromatic N) is 5. The third-order valence-electron chi connectivity index (χ3n) is 5.19. The van der Waals surface area contributed by atoms with Crippen LogP contribution < -0.4 is 5.32 Å². The zero-order valence-corrected chi connectivity index (χ0v) is 16.8. The summed E-state index contributed by atoms with van der Waals surface area (Å²) in [6, 6.07) is 17.3. The van der Waals surface area contributed by atoms with Gasteiger partial charge in [0.15, 0.2) is 0 Å². The number of rotatable bonds is 3. The average molecular weight is 417 g/mol. The Balaban J connectivity index is 1.64. The Hall–Kier alpha value is -3.58. The molecule has 0 spiro atoms. The van der Waals surface area contributed by atoms with Crippen molar-refractivity contribution in [3.8, 4) is 17.2 Å². The number of benzene rings is 2. The van der Waals surface area contributed by atoms with Gasteiger partial charge in [-0.3, -0.25) is 4.79 Å². The molecule has 0 fully saturated rings. The van der Waals surface area contributed by atoms with E-state index < -0.39 is 0 Å². The van der Waals surface area contributed by atoms with E-state index in [9.17, 15) is 4.79 Å². The Morgan fingerprint density at radius 2 is 1.87 bits per heavy atom. The molecule has 0 saturated carbocycles. The summed E-state index contributed by atoms with van der Waals surface area (Å²) in [5, 5.41) is 16.4. The second-order valence-corrected chi connectivity index (χ2v) is 7.50. The van der Waals surface area contributed by atoms with Gasteiger partial charge in [0.05, 0.1) is 17.6 Å². The summed E-state index contributed by atoms with van der Waals surface area (Å²) in [6.07, 6.45) is 1.90. The van der Waals surface area contributed by atoms with Crippen molar-refractivity contribution in [2.24, 2.45) is 0 Å². The van der Waals surface area contributed by atoms with E-state index in [-0.39, 0.29) is 11.8 Å². The van der Waals surface area contributed by atoms with Crippen LogP contribution in [0.4, 0.5) is 5.82 Å². The minimum absolute atomic E-state index is 0.110. The Morgan fingerprint density at radius 3 is 2.67 bits per heavy atom. The number of aryl methyl sites for hydroxylation is 1. The number of nitrogens with one attached hydrogen (secondary N) is 1. The summed E-state index contributed by atoms with van der Waals surface area (Å²) >= 11 is 6.44. The van der Waals surface area contributed by atoms with Gasteiger partial charge in [0, 0.05) is 28.5 Å². The van der Waals surface area contributed by atoms with Gasteiger partial charge in [-0.05, 0) is 18.6 Å². The molecule has 1 aliphatic heterocycles. The van der Waals surface area contributed by atoms with Crippen molar-refractivity contribution in [3.63, 3.8) is 0 Å². The van der Waals surface area contributed by atoms with Crippen molar-refractivity contribution >= 4 is 23.3 Å². The average Bonchev–Trinajstić information content (AvgIpc) is 3.10. The van der Waals surface area contributed by atoms with Gasteiger partial charge in [-0.15, -0.1) is 5.10 Å². The van der Waals surface area contributed by atoms with E-state index in [1.54, 1.807) is 10.9 Å². The Morgan fingerprint density at radius 1 is 1.10 bits per heavy atom. The smallest absolute Gasteiger partial charge is 0.272 e. The highest BCUT2D eigenvalue weighted by molar-refractivity contribution is 6.31. The standard InChI is InChI=1S/C22H17ClN6O/c1-13-20-16(15-9-5-6-10-17(15)23)11-19(30)26-21(20)29(28-13)22-25-18(12-24-27-22)14-7-3-2-4-8-14/h2-10,12,16H,11H2,1H3,(H,26,30)/t16-/m0/s1. The minimum atomic E-state index is -0.193. The van der Waals surface area contributed by atoms with Gasteiger partial charge in [-0.25, -0.2) is 4.98 Å². The lowest BCUT2D eigenvalue weighted by Gasteiger charge is -2.24. The molecule has 1 N–H and O–H groups in total. The van der Waals surface area contributed by atoms with Crippen LogP contribution in [0.1, 0.15) is 29.2 Å². The molecule has 1 amide bonds. The molecular formula is C22H17ClN6O. The highest BCUT2D eigenvalue weighted by atomic mass is 35.5. The molecule has 0 bridgehead atoms. The normalized spacial score (nSPS) is 15.5. The predicted molar refractivity (Wildman–Crippen MR) is 114 cm³/mol. The van der Waals surface area contributed by atoms with Crippen molar-refractivity contribution in [2.75, 3.05) is 5.32 Å². The lowest BCUT2D eigenvalue weighted by molar-refractivity contribution is -0.116. The molecular weight excluding hydrogens is 400 g/mol. The number of hydrogen-bond acceptors (Lipinski definition) is 5. The van der Waals surface area contributed by atoms with E-state index in [1.807, 2.05) is 61.5 Å². The molecule has 1 atom stereocenters. The van der Waals surface area contributed by atoms with Crippen molar-refractivity contribution in [1.29, 1.82) is 0 Å². The molecule has 0 saturated heterocycles. The van der Waals surface area contributed by atoms with Crippen LogP contribution in [0.2, 0.25) is 5.02 Å². The number of amides is 1. The number of carbonyl (C=O) groups excluding carboxylic acids is 1. The van der Waals surface area contributed by atoms with Crippen LogP contribution in [0.3, 0.4) is 0 Å². The van der Waals surface area contributed by atoms with Crippen LogP contribution in [0.25, 0.3) is 17.2 Å². The maximum absolute atomic E-state index is 12.6. The topological polar surface area (TPSA) is 85.6 Å². The van der Waals surface area contributed by atoms with Gasteiger partial charge < -0.3 is 5.32 Å². The quantitative estimate of drug-likeness (QED) is 0.542. The van der Waals surface area contributed by atoms with Crippen molar-refractivity contribution in [3.05, 3.63) is 82.6 Å². The molecule has 7 nitrogen and oxygen atoms in total. The first-order chi connectivity index (χ1) is 14.6. The second-order valence-electron chi connectivity index (χ2n) is 7.09. The first kappa shape index (κ1) is 18.4. The molecule has 30 heavy (non-hydrogen) atoms. The summed E-state index contributed by atoms with van der Waals surface area (Å²) in [5.74, 6) is 0.545. The lowest BCUT2D eigenvalue weighted by atomic mass is 9.86. The van der Waals surface area contributed by atoms with Crippen LogP contribution in [0, 0.1) is 6.92 Å². The monoisotopic (exact) mass is 416 g/mol. The van der Waals surface area contributed by atoms with Gasteiger partial charge in [-0.1, -0.05) is 60.1 Å². The molecule has 0 radical (unpaired) electrons. The van der Waals surface area contributed by atoms with Crippen LogP contribution in [0.15, 0.2) is 60.8 Å². The number of fused-ring (bicyclic) bond motifs is 1. The molecule has 0 unspecified atom stereocenters. The lowest BCUT2D eigenvalue weighted by Crippen LogP contribution is -2.25. The van der Waals surface area contributed by atoms with Gasteiger partial charge in [0.25, 0.3) is 5.95 Å². The van der Waals surface area contributed by atoms with Crippen molar-refractivity contribution < 1.29 is 4.79 Å². The molecule has 4 aromatic rings. The van der Waals surface area contributed by atoms with Crippen LogP contribution in [-0.4, -0.2) is 30.9 Å². The van der Waals surface area contributed by atoms with Crippen LogP contribution in [-0.2, 0) is 4.79 Å². The van der Waals surface area contributed by atoms with E-state index in [0.717, 1.165) is 22.4 Å². The Labute approximate surface area is 177 Å². The van der Waals surface area contributed by atoms with Crippen molar-refractivity contribution in [1.82, 2.24) is 25.0 Å². The molecule has 2 aromatic carbocycles. The minimum Gasteiger partial charge on any atom is -0.310 e. The molecule has 8 heteroatoms.